The molecule has 0 aliphatic carbocycles. The number of furan rings is 1. The first-order chi connectivity index (χ1) is 8.24. The zero-order valence-corrected chi connectivity index (χ0v) is 9.23. The molecule has 1 aromatic carbocycles. The highest BCUT2D eigenvalue weighted by Crippen LogP contribution is 2.30. The van der Waals surface area contributed by atoms with E-state index in [4.69, 9.17) is 9.15 Å². The first-order valence-corrected chi connectivity index (χ1v) is 5.73. The third-order valence-corrected chi connectivity index (χ3v) is 3.11. The maximum Gasteiger partial charge on any atom is 0.138 e. The fourth-order valence-corrected chi connectivity index (χ4v) is 2.22. The fraction of sp³-hybridized carbons (Fsp3) is 0.385. The molecule has 1 saturated heterocycles. The van der Waals surface area contributed by atoms with Gasteiger partial charge in [0, 0.05) is 12.0 Å². The molecule has 2 heterocycles. The smallest absolute Gasteiger partial charge is 0.138 e. The molecule has 0 amide bonds. The second-order valence-electron chi connectivity index (χ2n) is 4.33. The van der Waals surface area contributed by atoms with Crippen LogP contribution in [0.4, 0.5) is 4.39 Å². The summed E-state index contributed by atoms with van der Waals surface area (Å²) in [4.78, 5) is 0. The van der Waals surface area contributed by atoms with Crippen molar-refractivity contribution < 1.29 is 18.7 Å². The quantitative estimate of drug-likeness (QED) is 0.871. The van der Waals surface area contributed by atoms with E-state index in [0.717, 1.165) is 12.8 Å². The van der Waals surface area contributed by atoms with E-state index in [9.17, 15) is 9.50 Å². The lowest BCUT2D eigenvalue weighted by molar-refractivity contribution is -0.0124. The first-order valence-electron chi connectivity index (χ1n) is 5.73. The van der Waals surface area contributed by atoms with Gasteiger partial charge in [0.2, 0.25) is 0 Å². The van der Waals surface area contributed by atoms with Crippen molar-refractivity contribution >= 4 is 11.0 Å². The topological polar surface area (TPSA) is 42.6 Å². The van der Waals surface area contributed by atoms with Gasteiger partial charge in [-0.1, -0.05) is 0 Å². The minimum Gasteiger partial charge on any atom is -0.458 e. The van der Waals surface area contributed by atoms with Crippen LogP contribution in [0.3, 0.4) is 0 Å². The summed E-state index contributed by atoms with van der Waals surface area (Å²) in [5, 5.41) is 10.7. The highest BCUT2D eigenvalue weighted by atomic mass is 19.1. The summed E-state index contributed by atoms with van der Waals surface area (Å²) in [5.74, 6) is 0.133. The molecule has 90 valence electrons. The summed E-state index contributed by atoms with van der Waals surface area (Å²) in [6, 6.07) is 5.97. The van der Waals surface area contributed by atoms with E-state index >= 15 is 0 Å². The molecule has 1 aromatic heterocycles. The predicted molar refractivity (Wildman–Crippen MR) is 60.1 cm³/mol. The van der Waals surface area contributed by atoms with E-state index in [1.54, 1.807) is 12.1 Å². The molecule has 1 N–H and O–H groups in total. The number of fused-ring (bicyclic) bond motifs is 1. The summed E-state index contributed by atoms with van der Waals surface area (Å²) in [5.41, 5.74) is 0.582. The lowest BCUT2D eigenvalue weighted by atomic mass is 10.1. The van der Waals surface area contributed by atoms with Crippen molar-refractivity contribution in [1.29, 1.82) is 0 Å². The van der Waals surface area contributed by atoms with Crippen molar-refractivity contribution in [2.45, 2.75) is 25.0 Å². The Bertz CT molecular complexity index is 528. The van der Waals surface area contributed by atoms with Crippen molar-refractivity contribution in [1.82, 2.24) is 0 Å². The Balaban J connectivity index is 1.94. The van der Waals surface area contributed by atoms with Gasteiger partial charge in [0.1, 0.15) is 23.3 Å². The Morgan fingerprint density at radius 2 is 2.24 bits per heavy atom. The average Bonchev–Trinajstić information content (AvgIpc) is 2.96. The third-order valence-electron chi connectivity index (χ3n) is 3.11. The molecule has 2 unspecified atom stereocenters. The molecule has 0 saturated carbocycles. The Morgan fingerprint density at radius 1 is 1.35 bits per heavy atom. The second kappa shape index (κ2) is 4.13. The maximum absolute atomic E-state index is 13.0. The zero-order valence-electron chi connectivity index (χ0n) is 9.23. The maximum atomic E-state index is 13.0. The van der Waals surface area contributed by atoms with Crippen molar-refractivity contribution in [3.8, 4) is 0 Å². The van der Waals surface area contributed by atoms with Gasteiger partial charge in [-0.05, 0) is 37.1 Å². The Hall–Kier alpha value is -1.39. The lowest BCUT2D eigenvalue weighted by Gasteiger charge is -2.14. The van der Waals surface area contributed by atoms with Gasteiger partial charge in [0.05, 0.1) is 6.10 Å². The predicted octanol–water partition coefficient (Wildman–Crippen LogP) is 2.78. The molecule has 2 aromatic rings. The number of hydrogen-bond donors (Lipinski definition) is 1. The highest BCUT2D eigenvalue weighted by Gasteiger charge is 2.27. The van der Waals surface area contributed by atoms with Gasteiger partial charge in [-0.15, -0.1) is 0 Å². The summed E-state index contributed by atoms with van der Waals surface area (Å²) in [7, 11) is 0. The first kappa shape index (κ1) is 10.7. The van der Waals surface area contributed by atoms with Crippen LogP contribution in [0.25, 0.3) is 11.0 Å². The van der Waals surface area contributed by atoms with Crippen LogP contribution in [0.15, 0.2) is 28.7 Å². The van der Waals surface area contributed by atoms with E-state index in [1.165, 1.54) is 12.1 Å². The number of aliphatic hydroxyl groups is 1. The van der Waals surface area contributed by atoms with Gasteiger partial charge in [0.25, 0.3) is 0 Å². The Labute approximate surface area is 97.8 Å². The molecule has 1 aliphatic heterocycles. The fourth-order valence-electron chi connectivity index (χ4n) is 2.22. The Morgan fingerprint density at radius 3 is 3.00 bits per heavy atom. The van der Waals surface area contributed by atoms with Crippen molar-refractivity contribution in [3.63, 3.8) is 0 Å². The number of ether oxygens (including phenoxy) is 1. The van der Waals surface area contributed by atoms with Crippen LogP contribution in [-0.2, 0) is 4.74 Å². The van der Waals surface area contributed by atoms with Crippen LogP contribution in [0.1, 0.15) is 24.7 Å². The van der Waals surface area contributed by atoms with Crippen molar-refractivity contribution in [2.75, 3.05) is 6.61 Å². The standard InChI is InChI=1S/C13H13FO3/c14-9-3-4-10-8(6-9)7-12(17-10)13(15)11-2-1-5-16-11/h3-4,6-7,11,13,15H,1-2,5H2. The second-order valence-corrected chi connectivity index (χ2v) is 4.33. The van der Waals surface area contributed by atoms with Crippen LogP contribution in [-0.4, -0.2) is 17.8 Å². The SMILES string of the molecule is OC(c1cc2cc(F)ccc2o1)C1CCCO1. The minimum absolute atomic E-state index is 0.208. The highest BCUT2D eigenvalue weighted by molar-refractivity contribution is 5.77. The van der Waals surface area contributed by atoms with Gasteiger partial charge in [-0.2, -0.15) is 0 Å². The van der Waals surface area contributed by atoms with E-state index < -0.39 is 6.10 Å². The van der Waals surface area contributed by atoms with Gasteiger partial charge in [0.15, 0.2) is 0 Å². The van der Waals surface area contributed by atoms with Gasteiger partial charge in [-0.25, -0.2) is 4.39 Å². The van der Waals surface area contributed by atoms with E-state index in [0.29, 0.717) is 23.3 Å². The Kier molecular flexibility index (Phi) is 2.61. The molecular formula is C13H13FO3. The number of benzene rings is 1. The van der Waals surface area contributed by atoms with Crippen molar-refractivity contribution in [3.05, 3.63) is 35.8 Å². The number of rotatable bonds is 2. The molecule has 3 nitrogen and oxygen atoms in total. The molecule has 4 heteroatoms. The van der Waals surface area contributed by atoms with Gasteiger partial charge < -0.3 is 14.3 Å². The molecule has 0 bridgehead atoms. The number of hydrogen-bond acceptors (Lipinski definition) is 3. The molecule has 1 aliphatic rings. The molecule has 2 atom stereocenters. The van der Waals surface area contributed by atoms with Gasteiger partial charge >= 0.3 is 0 Å². The zero-order chi connectivity index (χ0) is 11.8. The van der Waals surface area contributed by atoms with Crippen LogP contribution < -0.4 is 0 Å². The average molecular weight is 236 g/mol. The van der Waals surface area contributed by atoms with E-state index in [2.05, 4.69) is 0 Å². The monoisotopic (exact) mass is 236 g/mol. The molecule has 17 heavy (non-hydrogen) atoms. The van der Waals surface area contributed by atoms with Gasteiger partial charge in [-0.3, -0.25) is 0 Å². The minimum atomic E-state index is -0.770. The van der Waals surface area contributed by atoms with E-state index in [-0.39, 0.29) is 11.9 Å². The lowest BCUT2D eigenvalue weighted by Crippen LogP contribution is -2.16. The summed E-state index contributed by atoms with van der Waals surface area (Å²) in [6.45, 7) is 0.677. The molecule has 3 rings (SSSR count). The number of halogens is 1. The van der Waals surface area contributed by atoms with Crippen LogP contribution >= 0.6 is 0 Å². The van der Waals surface area contributed by atoms with E-state index in [1.807, 2.05) is 0 Å². The normalized spacial score (nSPS) is 22.1. The molecular weight excluding hydrogens is 223 g/mol. The molecule has 1 fully saturated rings. The van der Waals surface area contributed by atoms with Crippen molar-refractivity contribution in [2.24, 2.45) is 0 Å². The largest absolute Gasteiger partial charge is 0.458 e. The third kappa shape index (κ3) is 1.94. The summed E-state index contributed by atoms with van der Waals surface area (Å²) < 4.78 is 23.9. The molecule has 0 radical (unpaired) electrons. The van der Waals surface area contributed by atoms with Crippen LogP contribution in [0, 0.1) is 5.82 Å². The summed E-state index contributed by atoms with van der Waals surface area (Å²) in [6.07, 6.45) is 0.803. The molecule has 0 spiro atoms. The summed E-state index contributed by atoms with van der Waals surface area (Å²) >= 11 is 0. The van der Waals surface area contributed by atoms with Crippen LogP contribution in [0.2, 0.25) is 0 Å². The van der Waals surface area contributed by atoms with Crippen LogP contribution in [0.5, 0.6) is 0 Å². The number of aliphatic hydroxyl groups excluding tert-OH is 1.